The van der Waals surface area contributed by atoms with Crippen molar-refractivity contribution in [2.24, 2.45) is 0 Å². The van der Waals surface area contributed by atoms with Crippen LogP contribution >= 0.6 is 0 Å². The molecular weight excluding hydrogens is 345 g/mol. The van der Waals surface area contributed by atoms with Crippen LogP contribution in [0.1, 0.15) is 31.9 Å². The number of rotatable bonds is 3. The monoisotopic (exact) mass is 360 g/mol. The standard InChI is InChI=1S/C15H15F7O2/c1-8-6-5-7-9(12(2,3)4)10(8)24-11(23)13(16,17)14(18,19)15(20,21)22/h5-7H,1-4H3. The third-order valence-corrected chi connectivity index (χ3v) is 3.22. The second kappa shape index (κ2) is 5.93. The first-order chi connectivity index (χ1) is 10.5. The maximum Gasteiger partial charge on any atom is 0.460 e. The molecule has 0 aliphatic carbocycles. The van der Waals surface area contributed by atoms with Gasteiger partial charge in [0.25, 0.3) is 0 Å². The Morgan fingerprint density at radius 2 is 1.46 bits per heavy atom. The van der Waals surface area contributed by atoms with Crippen molar-refractivity contribution in [2.75, 3.05) is 0 Å². The highest BCUT2D eigenvalue weighted by Crippen LogP contribution is 2.47. The first-order valence-corrected chi connectivity index (χ1v) is 6.68. The molecule has 0 N–H and O–H groups in total. The molecule has 1 rings (SSSR count). The highest BCUT2D eigenvalue weighted by molar-refractivity contribution is 5.82. The van der Waals surface area contributed by atoms with Gasteiger partial charge in [0.15, 0.2) is 0 Å². The Hall–Kier alpha value is -1.80. The van der Waals surface area contributed by atoms with Crippen molar-refractivity contribution >= 4 is 5.97 Å². The van der Waals surface area contributed by atoms with Crippen molar-refractivity contribution in [3.05, 3.63) is 29.3 Å². The molecule has 0 radical (unpaired) electrons. The Bertz CT molecular complexity index is 628. The maximum atomic E-state index is 13.4. The molecule has 0 fully saturated rings. The quantitative estimate of drug-likeness (QED) is 0.429. The molecule has 0 aliphatic heterocycles. The van der Waals surface area contributed by atoms with Crippen LogP contribution < -0.4 is 4.74 Å². The molecule has 0 saturated heterocycles. The summed E-state index contributed by atoms with van der Waals surface area (Å²) in [6.45, 7) is 6.22. The lowest BCUT2D eigenvalue weighted by atomic mass is 9.85. The van der Waals surface area contributed by atoms with Crippen molar-refractivity contribution in [1.82, 2.24) is 0 Å². The van der Waals surface area contributed by atoms with Crippen LogP contribution in [-0.4, -0.2) is 24.0 Å². The van der Waals surface area contributed by atoms with Gasteiger partial charge in [0.1, 0.15) is 5.75 Å². The fraction of sp³-hybridized carbons (Fsp3) is 0.533. The number of aryl methyl sites for hydroxylation is 1. The van der Waals surface area contributed by atoms with Crippen LogP contribution in [0.4, 0.5) is 30.7 Å². The fourth-order valence-electron chi connectivity index (χ4n) is 1.84. The number of hydrogen-bond donors (Lipinski definition) is 0. The predicted molar refractivity (Wildman–Crippen MR) is 71.5 cm³/mol. The average molecular weight is 360 g/mol. The zero-order valence-corrected chi connectivity index (χ0v) is 13.2. The van der Waals surface area contributed by atoms with E-state index in [0.717, 1.165) is 0 Å². The molecule has 9 heteroatoms. The third kappa shape index (κ3) is 3.49. The lowest BCUT2D eigenvalue weighted by Gasteiger charge is -2.28. The van der Waals surface area contributed by atoms with E-state index in [1.165, 1.54) is 25.1 Å². The van der Waals surface area contributed by atoms with Crippen LogP contribution in [0.5, 0.6) is 5.75 Å². The SMILES string of the molecule is Cc1cccc(C(C)(C)C)c1OC(=O)C(F)(F)C(F)(F)C(F)(F)F. The summed E-state index contributed by atoms with van der Waals surface area (Å²) in [5, 5.41) is 0. The summed E-state index contributed by atoms with van der Waals surface area (Å²) in [6.07, 6.45) is -6.60. The summed E-state index contributed by atoms with van der Waals surface area (Å²) < 4.78 is 93.3. The summed E-state index contributed by atoms with van der Waals surface area (Å²) in [4.78, 5) is 11.4. The molecule has 0 aliphatic rings. The molecule has 0 saturated carbocycles. The smallest absolute Gasteiger partial charge is 0.421 e. The molecule has 0 heterocycles. The Morgan fingerprint density at radius 1 is 0.958 bits per heavy atom. The average Bonchev–Trinajstić information content (AvgIpc) is 2.37. The van der Waals surface area contributed by atoms with Gasteiger partial charge in [0, 0.05) is 5.56 Å². The van der Waals surface area contributed by atoms with Gasteiger partial charge in [-0.2, -0.15) is 30.7 Å². The van der Waals surface area contributed by atoms with Gasteiger partial charge in [-0.05, 0) is 17.9 Å². The molecule has 136 valence electrons. The molecule has 0 aromatic heterocycles. The van der Waals surface area contributed by atoms with E-state index in [4.69, 9.17) is 0 Å². The van der Waals surface area contributed by atoms with Gasteiger partial charge in [-0.25, -0.2) is 4.79 Å². The Labute approximate surface area is 133 Å². The minimum atomic E-state index is -6.60. The van der Waals surface area contributed by atoms with Gasteiger partial charge in [-0.15, -0.1) is 0 Å². The zero-order chi connectivity index (χ0) is 19.1. The topological polar surface area (TPSA) is 26.3 Å². The number of alkyl halides is 7. The summed E-state index contributed by atoms with van der Waals surface area (Å²) in [5.41, 5.74) is -0.382. The van der Waals surface area contributed by atoms with E-state index < -0.39 is 35.2 Å². The third-order valence-electron chi connectivity index (χ3n) is 3.22. The van der Waals surface area contributed by atoms with Gasteiger partial charge in [0.05, 0.1) is 0 Å². The van der Waals surface area contributed by atoms with Crippen LogP contribution in [0.3, 0.4) is 0 Å². The highest BCUT2D eigenvalue weighted by Gasteiger charge is 2.77. The minimum absolute atomic E-state index is 0.141. The van der Waals surface area contributed by atoms with E-state index >= 15 is 0 Å². The van der Waals surface area contributed by atoms with E-state index in [0.29, 0.717) is 0 Å². The summed E-state index contributed by atoms with van der Waals surface area (Å²) >= 11 is 0. The lowest BCUT2D eigenvalue weighted by Crippen LogP contribution is -2.57. The normalized spacial score (nSPS) is 13.8. The largest absolute Gasteiger partial charge is 0.460 e. The molecule has 0 unspecified atom stereocenters. The first kappa shape index (κ1) is 20.2. The summed E-state index contributed by atoms with van der Waals surface area (Å²) in [5.74, 6) is -16.1. The van der Waals surface area contributed by atoms with Gasteiger partial charge >= 0.3 is 24.0 Å². The molecule has 2 nitrogen and oxygen atoms in total. The number of benzene rings is 1. The molecule has 0 amide bonds. The molecule has 24 heavy (non-hydrogen) atoms. The van der Waals surface area contributed by atoms with Crippen LogP contribution in [-0.2, 0) is 10.2 Å². The number of esters is 1. The van der Waals surface area contributed by atoms with Crippen molar-refractivity contribution in [1.29, 1.82) is 0 Å². The van der Waals surface area contributed by atoms with Crippen molar-refractivity contribution in [3.63, 3.8) is 0 Å². The first-order valence-electron chi connectivity index (χ1n) is 6.68. The van der Waals surface area contributed by atoms with Crippen LogP contribution in [0.15, 0.2) is 18.2 Å². The minimum Gasteiger partial charge on any atom is -0.421 e. The Kier molecular flexibility index (Phi) is 5.00. The second-order valence-corrected chi connectivity index (χ2v) is 6.24. The van der Waals surface area contributed by atoms with E-state index in [2.05, 4.69) is 4.74 Å². The van der Waals surface area contributed by atoms with E-state index in [1.807, 2.05) is 0 Å². The van der Waals surface area contributed by atoms with Gasteiger partial charge < -0.3 is 4.74 Å². The van der Waals surface area contributed by atoms with Gasteiger partial charge in [0.2, 0.25) is 0 Å². The van der Waals surface area contributed by atoms with Crippen molar-refractivity contribution < 1.29 is 40.3 Å². The highest BCUT2D eigenvalue weighted by atomic mass is 19.4. The van der Waals surface area contributed by atoms with Gasteiger partial charge in [-0.3, -0.25) is 0 Å². The Balaban J connectivity index is 3.31. The van der Waals surface area contributed by atoms with Crippen LogP contribution in [0.2, 0.25) is 0 Å². The van der Waals surface area contributed by atoms with E-state index in [1.54, 1.807) is 20.8 Å². The molecule has 0 bridgehead atoms. The van der Waals surface area contributed by atoms with E-state index in [9.17, 15) is 35.5 Å². The molecule has 1 aromatic carbocycles. The number of ether oxygens (including phenoxy) is 1. The van der Waals surface area contributed by atoms with E-state index in [-0.39, 0.29) is 11.1 Å². The Morgan fingerprint density at radius 3 is 1.88 bits per heavy atom. The second-order valence-electron chi connectivity index (χ2n) is 6.24. The maximum absolute atomic E-state index is 13.4. The lowest BCUT2D eigenvalue weighted by molar-refractivity contribution is -0.346. The summed E-state index contributed by atoms with van der Waals surface area (Å²) in [6, 6.07) is 4.25. The van der Waals surface area contributed by atoms with Crippen LogP contribution in [0, 0.1) is 6.92 Å². The fourth-order valence-corrected chi connectivity index (χ4v) is 1.84. The van der Waals surface area contributed by atoms with Gasteiger partial charge in [-0.1, -0.05) is 39.0 Å². The zero-order valence-electron chi connectivity index (χ0n) is 13.2. The van der Waals surface area contributed by atoms with Crippen molar-refractivity contribution in [2.45, 2.75) is 51.1 Å². The summed E-state index contributed by atoms with van der Waals surface area (Å²) in [7, 11) is 0. The number of carbonyl (C=O) groups is 1. The molecule has 1 aromatic rings. The number of para-hydroxylation sites is 1. The predicted octanol–water partition coefficient (Wildman–Crippen LogP) is 5.03. The number of carbonyl (C=O) groups excluding carboxylic acids is 1. The van der Waals surface area contributed by atoms with Crippen LogP contribution in [0.25, 0.3) is 0 Å². The number of hydrogen-bond acceptors (Lipinski definition) is 2. The molecular formula is C15H15F7O2. The molecule has 0 atom stereocenters. The van der Waals surface area contributed by atoms with Crippen molar-refractivity contribution in [3.8, 4) is 5.75 Å². The number of halogens is 7. The molecule has 0 spiro atoms.